The molecule has 0 fully saturated rings. The van der Waals surface area contributed by atoms with E-state index in [9.17, 15) is 15.0 Å². The summed E-state index contributed by atoms with van der Waals surface area (Å²) in [6.45, 7) is -0.279. The minimum absolute atomic E-state index is 0.0469. The molecule has 0 atom stereocenters. The molecular formula is C15H12O3S. The maximum absolute atomic E-state index is 12.5. The average Bonchev–Trinajstić information content (AvgIpc) is 2.47. The van der Waals surface area contributed by atoms with Gasteiger partial charge < -0.3 is 10.2 Å². The van der Waals surface area contributed by atoms with Crippen LogP contribution in [0.15, 0.2) is 41.2 Å². The summed E-state index contributed by atoms with van der Waals surface area (Å²) in [7, 11) is 0. The van der Waals surface area contributed by atoms with Crippen molar-refractivity contribution in [2.45, 2.75) is 13.2 Å². The van der Waals surface area contributed by atoms with Crippen molar-refractivity contribution in [1.29, 1.82) is 0 Å². The normalized spacial score (nSPS) is 11.3. The Hall–Kier alpha value is -1.75. The molecule has 1 aromatic heterocycles. The first-order valence-electron chi connectivity index (χ1n) is 5.93. The number of fused-ring (bicyclic) bond motifs is 2. The molecule has 1 heterocycles. The Bertz CT molecular complexity index is 821. The summed E-state index contributed by atoms with van der Waals surface area (Å²) in [6, 6.07) is 10.9. The van der Waals surface area contributed by atoms with E-state index in [-0.39, 0.29) is 18.6 Å². The number of aliphatic hydroxyl groups is 2. The lowest BCUT2D eigenvalue weighted by Crippen LogP contribution is -2.03. The van der Waals surface area contributed by atoms with E-state index < -0.39 is 0 Å². The molecule has 0 unspecified atom stereocenters. The fourth-order valence-corrected chi connectivity index (χ4v) is 3.40. The first-order chi connectivity index (χ1) is 9.24. The second kappa shape index (κ2) is 4.74. The Kier molecular flexibility index (Phi) is 3.06. The van der Waals surface area contributed by atoms with Crippen LogP contribution in [0.25, 0.3) is 20.2 Å². The summed E-state index contributed by atoms with van der Waals surface area (Å²) in [5.41, 5.74) is 1.29. The molecule has 0 amide bonds. The van der Waals surface area contributed by atoms with E-state index in [1.165, 1.54) is 11.3 Å². The molecule has 3 nitrogen and oxygen atoms in total. The van der Waals surface area contributed by atoms with Crippen molar-refractivity contribution < 1.29 is 10.2 Å². The van der Waals surface area contributed by atoms with Gasteiger partial charge in [0.15, 0.2) is 5.43 Å². The molecule has 0 radical (unpaired) electrons. The largest absolute Gasteiger partial charge is 0.392 e. The standard InChI is InChI=1S/C15H12O3S/c16-7-9-5-10(8-17)15-12(6-9)14(18)11-3-1-2-4-13(11)19-15/h1-6,16-17H,7-8H2. The monoisotopic (exact) mass is 272 g/mol. The van der Waals surface area contributed by atoms with Crippen molar-refractivity contribution in [2.75, 3.05) is 0 Å². The highest BCUT2D eigenvalue weighted by atomic mass is 32.1. The summed E-state index contributed by atoms with van der Waals surface area (Å²) >= 11 is 1.49. The molecule has 0 aliphatic carbocycles. The van der Waals surface area contributed by atoms with Gasteiger partial charge in [0.2, 0.25) is 0 Å². The third-order valence-corrected chi connectivity index (χ3v) is 4.43. The summed E-state index contributed by atoms with van der Waals surface area (Å²) in [5, 5.41) is 19.9. The lowest BCUT2D eigenvalue weighted by Gasteiger charge is -2.07. The number of rotatable bonds is 2. The van der Waals surface area contributed by atoms with Crippen LogP contribution in [0, 0.1) is 0 Å². The summed E-state index contributed by atoms with van der Waals surface area (Å²) < 4.78 is 1.70. The third-order valence-electron chi connectivity index (χ3n) is 3.17. The predicted molar refractivity (Wildman–Crippen MR) is 77.4 cm³/mol. The van der Waals surface area contributed by atoms with Gasteiger partial charge in [-0.05, 0) is 35.4 Å². The molecule has 0 bridgehead atoms. The first kappa shape index (κ1) is 12.3. The molecule has 2 aromatic carbocycles. The van der Waals surface area contributed by atoms with Crippen LogP contribution >= 0.6 is 11.3 Å². The van der Waals surface area contributed by atoms with Crippen LogP contribution < -0.4 is 5.43 Å². The van der Waals surface area contributed by atoms with E-state index in [0.29, 0.717) is 21.9 Å². The fraction of sp³-hybridized carbons (Fsp3) is 0.133. The van der Waals surface area contributed by atoms with E-state index in [4.69, 9.17) is 0 Å². The van der Waals surface area contributed by atoms with Crippen molar-refractivity contribution in [3.05, 3.63) is 57.7 Å². The smallest absolute Gasteiger partial charge is 0.195 e. The van der Waals surface area contributed by atoms with Crippen LogP contribution in [-0.4, -0.2) is 10.2 Å². The van der Waals surface area contributed by atoms with E-state index >= 15 is 0 Å². The minimum Gasteiger partial charge on any atom is -0.392 e. The van der Waals surface area contributed by atoms with Crippen molar-refractivity contribution >= 4 is 31.5 Å². The third kappa shape index (κ3) is 1.94. The Morgan fingerprint density at radius 3 is 2.53 bits per heavy atom. The molecule has 2 N–H and O–H groups in total. The summed E-state index contributed by atoms with van der Waals surface area (Å²) in [6.07, 6.45) is 0. The highest BCUT2D eigenvalue weighted by molar-refractivity contribution is 7.24. The Labute approximate surface area is 113 Å². The van der Waals surface area contributed by atoms with Gasteiger partial charge in [-0.3, -0.25) is 4.79 Å². The summed E-state index contributed by atoms with van der Waals surface area (Å²) in [4.78, 5) is 12.5. The van der Waals surface area contributed by atoms with E-state index in [2.05, 4.69) is 0 Å². The SMILES string of the molecule is O=c1c2ccccc2sc2c(CO)cc(CO)cc12. The van der Waals surface area contributed by atoms with Crippen LogP contribution in [0.4, 0.5) is 0 Å². The molecule has 4 heteroatoms. The van der Waals surface area contributed by atoms with Crippen LogP contribution in [0.2, 0.25) is 0 Å². The van der Waals surface area contributed by atoms with Crippen LogP contribution in [-0.2, 0) is 13.2 Å². The zero-order chi connectivity index (χ0) is 13.4. The highest BCUT2D eigenvalue weighted by Gasteiger charge is 2.10. The topological polar surface area (TPSA) is 57.5 Å². The molecular weight excluding hydrogens is 260 g/mol. The van der Waals surface area contributed by atoms with Gasteiger partial charge in [0.25, 0.3) is 0 Å². The van der Waals surface area contributed by atoms with Crippen LogP contribution in [0.1, 0.15) is 11.1 Å². The van der Waals surface area contributed by atoms with Crippen molar-refractivity contribution in [3.8, 4) is 0 Å². The van der Waals surface area contributed by atoms with Gasteiger partial charge in [0.05, 0.1) is 13.2 Å². The van der Waals surface area contributed by atoms with Crippen LogP contribution in [0.5, 0.6) is 0 Å². The number of benzene rings is 2. The molecule has 19 heavy (non-hydrogen) atoms. The fourth-order valence-electron chi connectivity index (χ4n) is 2.25. The zero-order valence-corrected chi connectivity index (χ0v) is 10.9. The van der Waals surface area contributed by atoms with Gasteiger partial charge >= 0.3 is 0 Å². The molecule has 0 aliphatic rings. The van der Waals surface area contributed by atoms with Gasteiger partial charge in [0.1, 0.15) is 0 Å². The Morgan fingerprint density at radius 2 is 1.79 bits per heavy atom. The maximum atomic E-state index is 12.5. The predicted octanol–water partition coefficient (Wildman–Crippen LogP) is 2.40. The van der Waals surface area contributed by atoms with E-state index in [1.54, 1.807) is 18.2 Å². The number of hydrogen-bond acceptors (Lipinski definition) is 4. The van der Waals surface area contributed by atoms with Gasteiger partial charge in [-0.25, -0.2) is 0 Å². The van der Waals surface area contributed by atoms with Gasteiger partial charge in [-0.2, -0.15) is 0 Å². The quantitative estimate of drug-likeness (QED) is 0.704. The summed E-state index contributed by atoms with van der Waals surface area (Å²) in [5.74, 6) is 0. The molecule has 3 rings (SSSR count). The molecule has 0 saturated heterocycles. The van der Waals surface area contributed by atoms with Crippen molar-refractivity contribution in [2.24, 2.45) is 0 Å². The van der Waals surface area contributed by atoms with E-state index in [1.807, 2.05) is 18.2 Å². The molecule has 0 aliphatic heterocycles. The Balaban J connectivity index is 2.54. The highest BCUT2D eigenvalue weighted by Crippen LogP contribution is 2.28. The minimum atomic E-state index is -0.140. The maximum Gasteiger partial charge on any atom is 0.195 e. The molecule has 0 spiro atoms. The van der Waals surface area contributed by atoms with Gasteiger partial charge in [-0.1, -0.05) is 12.1 Å². The molecule has 3 aromatic rings. The number of aliphatic hydroxyl groups excluding tert-OH is 2. The van der Waals surface area contributed by atoms with Crippen molar-refractivity contribution in [3.63, 3.8) is 0 Å². The van der Waals surface area contributed by atoms with Crippen molar-refractivity contribution in [1.82, 2.24) is 0 Å². The van der Waals surface area contributed by atoms with E-state index in [0.717, 1.165) is 9.40 Å². The van der Waals surface area contributed by atoms with Gasteiger partial charge in [-0.15, -0.1) is 11.3 Å². The lowest BCUT2D eigenvalue weighted by molar-refractivity contribution is 0.276. The zero-order valence-electron chi connectivity index (χ0n) is 10.1. The molecule has 0 saturated carbocycles. The second-order valence-corrected chi connectivity index (χ2v) is 5.43. The molecule has 96 valence electrons. The first-order valence-corrected chi connectivity index (χ1v) is 6.75. The van der Waals surface area contributed by atoms with Crippen LogP contribution in [0.3, 0.4) is 0 Å². The number of hydrogen-bond donors (Lipinski definition) is 2. The van der Waals surface area contributed by atoms with Gasteiger partial charge in [0, 0.05) is 20.2 Å². The lowest BCUT2D eigenvalue weighted by atomic mass is 10.1. The Morgan fingerprint density at radius 1 is 1.00 bits per heavy atom. The second-order valence-electron chi connectivity index (χ2n) is 4.38. The average molecular weight is 272 g/mol.